The molecule has 5 N–H and O–H groups in total. The van der Waals surface area contributed by atoms with Gasteiger partial charge < -0.3 is 21.1 Å². The van der Waals surface area contributed by atoms with E-state index in [1.165, 1.54) is 13.0 Å². The summed E-state index contributed by atoms with van der Waals surface area (Å²) < 4.78 is 0. The van der Waals surface area contributed by atoms with Crippen molar-refractivity contribution in [1.29, 1.82) is 0 Å². The Labute approximate surface area is 165 Å². The Morgan fingerprint density at radius 1 is 1.17 bits per heavy atom. The number of fused-ring (bicyclic) bond motifs is 2. The molecular formula is C21H19NO7. The van der Waals surface area contributed by atoms with Crippen molar-refractivity contribution >= 4 is 23.3 Å². The lowest BCUT2D eigenvalue weighted by molar-refractivity contribution is -0.126. The Morgan fingerprint density at radius 2 is 1.83 bits per heavy atom. The zero-order valence-corrected chi connectivity index (χ0v) is 15.8. The first-order valence-electron chi connectivity index (χ1n) is 9.12. The highest BCUT2D eigenvalue weighted by Gasteiger charge is 2.54. The number of carbonyl (C=O) groups excluding carboxylic acids is 4. The van der Waals surface area contributed by atoms with Crippen molar-refractivity contribution in [3.8, 4) is 5.75 Å². The molecule has 0 aromatic heterocycles. The summed E-state index contributed by atoms with van der Waals surface area (Å²) in [5, 5.41) is 32.0. The van der Waals surface area contributed by atoms with Crippen molar-refractivity contribution < 1.29 is 34.5 Å². The summed E-state index contributed by atoms with van der Waals surface area (Å²) in [6, 6.07) is 2.87. The third-order valence-corrected chi connectivity index (χ3v) is 6.21. The second-order valence-electron chi connectivity index (χ2n) is 7.96. The number of primary amides is 1. The second-order valence-corrected chi connectivity index (χ2v) is 7.96. The zero-order valence-electron chi connectivity index (χ0n) is 15.8. The van der Waals surface area contributed by atoms with Crippen molar-refractivity contribution in [3.63, 3.8) is 0 Å². The maximum absolute atomic E-state index is 13.3. The van der Waals surface area contributed by atoms with E-state index in [0.717, 1.165) is 0 Å². The molecule has 0 bridgehead atoms. The van der Waals surface area contributed by atoms with Gasteiger partial charge in [0, 0.05) is 12.0 Å². The Bertz CT molecular complexity index is 1110. The fraction of sp³-hybridized carbons (Fsp3) is 0.333. The molecule has 29 heavy (non-hydrogen) atoms. The van der Waals surface area contributed by atoms with Crippen LogP contribution in [0, 0.1) is 18.8 Å². The van der Waals surface area contributed by atoms with Gasteiger partial charge in [-0.1, -0.05) is 6.07 Å². The molecule has 0 saturated heterocycles. The van der Waals surface area contributed by atoms with Crippen LogP contribution in [0.5, 0.6) is 5.75 Å². The van der Waals surface area contributed by atoms with Crippen LogP contribution in [0.3, 0.4) is 0 Å². The van der Waals surface area contributed by atoms with Gasteiger partial charge in [0.05, 0.1) is 17.1 Å². The van der Waals surface area contributed by atoms with E-state index < -0.39 is 52.0 Å². The minimum atomic E-state index is -1.73. The van der Waals surface area contributed by atoms with Gasteiger partial charge in [-0.3, -0.25) is 19.2 Å². The molecule has 3 aliphatic rings. The molecule has 0 aliphatic heterocycles. The third kappa shape index (κ3) is 2.35. The summed E-state index contributed by atoms with van der Waals surface area (Å²) in [5.41, 5.74) is 3.27. The molecular weight excluding hydrogens is 378 g/mol. The van der Waals surface area contributed by atoms with Gasteiger partial charge in [-0.15, -0.1) is 0 Å². The fourth-order valence-electron chi connectivity index (χ4n) is 4.96. The van der Waals surface area contributed by atoms with Gasteiger partial charge in [0.2, 0.25) is 5.78 Å². The molecule has 1 amide bonds. The van der Waals surface area contributed by atoms with E-state index in [2.05, 4.69) is 0 Å². The number of phenols is 1. The number of aromatic hydroxyl groups is 1. The van der Waals surface area contributed by atoms with Crippen LogP contribution in [0.4, 0.5) is 0 Å². The molecule has 8 nitrogen and oxygen atoms in total. The number of aryl methyl sites for hydroxylation is 1. The van der Waals surface area contributed by atoms with Crippen LogP contribution in [0.25, 0.3) is 0 Å². The van der Waals surface area contributed by atoms with E-state index in [1.54, 1.807) is 13.0 Å². The topological polar surface area (TPSA) is 155 Å². The first-order valence-corrected chi connectivity index (χ1v) is 9.12. The highest BCUT2D eigenvalue weighted by Crippen LogP contribution is 2.52. The van der Waals surface area contributed by atoms with Crippen LogP contribution in [0.15, 0.2) is 34.6 Å². The quantitative estimate of drug-likeness (QED) is 0.513. The van der Waals surface area contributed by atoms with Crippen LogP contribution < -0.4 is 5.73 Å². The van der Waals surface area contributed by atoms with E-state index in [1.807, 2.05) is 0 Å². The number of hydrogen-bond donors (Lipinski definition) is 4. The number of phenolic OH excluding ortho intramolecular Hbond substituents is 1. The monoisotopic (exact) mass is 397 g/mol. The smallest absolute Gasteiger partial charge is 0.255 e. The highest BCUT2D eigenvalue weighted by atomic mass is 16.3. The number of hydrogen-bond acceptors (Lipinski definition) is 7. The van der Waals surface area contributed by atoms with Gasteiger partial charge in [-0.05, 0) is 43.4 Å². The van der Waals surface area contributed by atoms with Gasteiger partial charge >= 0.3 is 0 Å². The van der Waals surface area contributed by atoms with E-state index in [4.69, 9.17) is 5.73 Å². The summed E-state index contributed by atoms with van der Waals surface area (Å²) in [7, 11) is 0. The van der Waals surface area contributed by atoms with Gasteiger partial charge in [0.15, 0.2) is 11.6 Å². The van der Waals surface area contributed by atoms with Crippen LogP contribution in [-0.4, -0.2) is 38.6 Å². The minimum absolute atomic E-state index is 0.000851. The molecule has 8 heteroatoms. The van der Waals surface area contributed by atoms with Crippen LogP contribution in [-0.2, 0) is 20.0 Å². The summed E-state index contributed by atoms with van der Waals surface area (Å²) in [4.78, 5) is 50.3. The van der Waals surface area contributed by atoms with Crippen molar-refractivity contribution in [3.05, 3.63) is 51.3 Å². The predicted molar refractivity (Wildman–Crippen MR) is 98.8 cm³/mol. The lowest BCUT2D eigenvalue weighted by Crippen LogP contribution is -2.47. The first-order chi connectivity index (χ1) is 13.5. The Balaban J connectivity index is 1.96. The molecule has 1 aromatic rings. The molecule has 3 atom stereocenters. The molecule has 1 aromatic carbocycles. The number of nitrogens with two attached hydrogens (primary N) is 1. The number of allylic oxidation sites excluding steroid dienone is 2. The molecule has 0 heterocycles. The molecule has 2 unspecified atom stereocenters. The maximum Gasteiger partial charge on any atom is 0.255 e. The summed E-state index contributed by atoms with van der Waals surface area (Å²) in [5.74, 6) is -6.45. The predicted octanol–water partition coefficient (Wildman–Crippen LogP) is 0.876. The number of carbonyl (C=O) groups is 4. The number of aliphatic hydroxyl groups is 2. The highest BCUT2D eigenvalue weighted by molar-refractivity contribution is 6.31. The average molecular weight is 397 g/mol. The molecule has 0 spiro atoms. The van der Waals surface area contributed by atoms with Crippen molar-refractivity contribution in [2.24, 2.45) is 17.6 Å². The molecule has 0 radical (unpaired) electrons. The van der Waals surface area contributed by atoms with E-state index in [-0.39, 0.29) is 40.9 Å². The Morgan fingerprint density at radius 3 is 2.45 bits per heavy atom. The first kappa shape index (κ1) is 19.1. The van der Waals surface area contributed by atoms with Crippen LogP contribution in [0.1, 0.15) is 41.3 Å². The molecule has 0 saturated carbocycles. The lowest BCUT2D eigenvalue weighted by atomic mass is 9.60. The summed E-state index contributed by atoms with van der Waals surface area (Å²) in [6.07, 6.45) is -0.216. The van der Waals surface area contributed by atoms with E-state index in [0.29, 0.717) is 5.56 Å². The molecule has 150 valence electrons. The second kappa shape index (κ2) is 5.87. The van der Waals surface area contributed by atoms with E-state index >= 15 is 0 Å². The van der Waals surface area contributed by atoms with Gasteiger partial charge in [0.1, 0.15) is 22.7 Å². The average Bonchev–Trinajstić information content (AvgIpc) is 2.60. The van der Waals surface area contributed by atoms with Gasteiger partial charge in [-0.2, -0.15) is 0 Å². The molecule has 4 rings (SSSR count). The van der Waals surface area contributed by atoms with Gasteiger partial charge in [0.25, 0.3) is 5.91 Å². The van der Waals surface area contributed by atoms with Crippen LogP contribution >= 0.6 is 0 Å². The van der Waals surface area contributed by atoms with Crippen molar-refractivity contribution in [2.45, 2.75) is 32.3 Å². The lowest BCUT2D eigenvalue weighted by Gasteiger charge is -2.43. The van der Waals surface area contributed by atoms with E-state index in [9.17, 15) is 34.5 Å². The number of ketones is 3. The van der Waals surface area contributed by atoms with Crippen molar-refractivity contribution in [2.75, 3.05) is 0 Å². The molecule has 3 aliphatic carbocycles. The normalized spacial score (nSPS) is 28.9. The maximum atomic E-state index is 13.3. The third-order valence-electron chi connectivity index (χ3n) is 6.21. The van der Waals surface area contributed by atoms with Crippen LogP contribution in [0.2, 0.25) is 0 Å². The summed E-state index contributed by atoms with van der Waals surface area (Å²) in [6.45, 7) is 3.11. The van der Waals surface area contributed by atoms with Gasteiger partial charge in [-0.25, -0.2) is 0 Å². The minimum Gasteiger partial charge on any atom is -0.511 e. The standard InChI is InChI=1S/C21H19NO7/c1-7-3-4-10(23)14-16(7)21(2,29)9-5-8-6-11(24)15(20(22)28)18(26)12(8)17(25)13(9)19(14)27/h3-4,8,12,23,26,29H,5-6H2,1-2H3,(H2,22,28)/t8?,12?,21-/m0/s1. The molecule has 0 fully saturated rings. The fourth-order valence-corrected chi connectivity index (χ4v) is 4.96. The Hall–Kier alpha value is -3.26. The number of benzene rings is 1. The number of rotatable bonds is 1. The zero-order chi connectivity index (χ0) is 21.4. The number of aliphatic hydroxyl groups excluding tert-OH is 1. The Kier molecular flexibility index (Phi) is 3.86. The number of Topliss-reactive ketones (excluding diaryl/α,β-unsaturated/α-hetero) is 3. The number of amides is 1. The van der Waals surface area contributed by atoms with Crippen molar-refractivity contribution in [1.82, 2.24) is 0 Å². The SMILES string of the molecule is Cc1ccc(O)c2c1[C@@](C)(O)C1=C(C2=O)C(=O)C2C(O)=C(C(N)=O)C(=O)CC2C1. The largest absolute Gasteiger partial charge is 0.511 e. The summed E-state index contributed by atoms with van der Waals surface area (Å²) >= 11 is 0.